The number of cyclic esters (lactones) is 1. The Balaban J connectivity index is 1.22. The fraction of sp³-hybridized carbons (Fsp3) is 0.357. The highest BCUT2D eigenvalue weighted by atomic mass is 35.5. The largest absolute Gasteiger partial charge is 0.461 e. The standard InChI is InChI=1S/C28H27ClF2N8O5/c29-17-2-4-22(44-28(30)31)19(12-17)25-21(34-27(42)20-13-33-39-7-1-6-32-26(20)39)15-38(35-25)16-23(40)37-10-8-36(9-11-37)14-18-3-5-24(41)43-18/h1-2,4,6-7,12-13,15,18,28H,3,5,8-11,14,16H2,(H,34,42). The maximum atomic E-state index is 13.3. The van der Waals surface area contributed by atoms with Crippen LogP contribution in [0.2, 0.25) is 5.02 Å². The van der Waals surface area contributed by atoms with Gasteiger partial charge in [0.05, 0.1) is 11.9 Å². The van der Waals surface area contributed by atoms with Crippen LogP contribution in [0.1, 0.15) is 23.2 Å². The lowest BCUT2D eigenvalue weighted by atomic mass is 10.1. The topological polar surface area (TPSA) is 136 Å². The first-order valence-corrected chi connectivity index (χ1v) is 14.2. The average molecular weight is 629 g/mol. The van der Waals surface area contributed by atoms with Crippen molar-refractivity contribution in [2.75, 3.05) is 38.0 Å². The van der Waals surface area contributed by atoms with E-state index in [0.29, 0.717) is 51.2 Å². The van der Waals surface area contributed by atoms with Crippen molar-refractivity contribution in [3.63, 3.8) is 0 Å². The van der Waals surface area contributed by atoms with Crippen molar-refractivity contribution < 1.29 is 32.6 Å². The van der Waals surface area contributed by atoms with Gasteiger partial charge in [-0.05, 0) is 30.7 Å². The third kappa shape index (κ3) is 6.48. The highest BCUT2D eigenvalue weighted by Gasteiger charge is 2.29. The molecule has 0 spiro atoms. The molecular formula is C28H27ClF2N8O5. The molecule has 2 fully saturated rings. The number of carbonyl (C=O) groups is 3. The van der Waals surface area contributed by atoms with E-state index >= 15 is 0 Å². The van der Waals surface area contributed by atoms with Crippen molar-refractivity contribution in [2.24, 2.45) is 0 Å². The molecule has 1 unspecified atom stereocenters. The Labute approximate surface area is 254 Å². The molecule has 4 aromatic rings. The summed E-state index contributed by atoms with van der Waals surface area (Å²) in [6, 6.07) is 5.72. The predicted molar refractivity (Wildman–Crippen MR) is 152 cm³/mol. The number of alkyl halides is 2. The van der Waals surface area contributed by atoms with E-state index in [0.717, 1.165) is 0 Å². The van der Waals surface area contributed by atoms with Crippen LogP contribution >= 0.6 is 11.6 Å². The van der Waals surface area contributed by atoms with Gasteiger partial charge in [0.1, 0.15) is 29.7 Å². The molecule has 1 N–H and O–H groups in total. The van der Waals surface area contributed by atoms with E-state index in [1.54, 1.807) is 17.2 Å². The van der Waals surface area contributed by atoms with Gasteiger partial charge in [-0.2, -0.15) is 19.0 Å². The number of anilines is 1. The quantitative estimate of drug-likeness (QED) is 0.278. The number of hydrogen-bond acceptors (Lipinski definition) is 9. The third-order valence-electron chi connectivity index (χ3n) is 7.40. The molecule has 0 bridgehead atoms. The summed E-state index contributed by atoms with van der Waals surface area (Å²) in [7, 11) is 0. The number of fused-ring (bicyclic) bond motifs is 1. The lowest BCUT2D eigenvalue weighted by Gasteiger charge is -2.35. The van der Waals surface area contributed by atoms with E-state index in [4.69, 9.17) is 21.1 Å². The fourth-order valence-electron chi connectivity index (χ4n) is 5.27. The van der Waals surface area contributed by atoms with E-state index in [9.17, 15) is 23.2 Å². The van der Waals surface area contributed by atoms with Crippen molar-refractivity contribution in [1.29, 1.82) is 0 Å². The number of nitrogens with one attached hydrogen (secondary N) is 1. The van der Waals surface area contributed by atoms with Gasteiger partial charge in [0.2, 0.25) is 5.91 Å². The van der Waals surface area contributed by atoms with Gasteiger partial charge >= 0.3 is 12.6 Å². The summed E-state index contributed by atoms with van der Waals surface area (Å²) in [5, 5.41) is 11.6. The van der Waals surface area contributed by atoms with E-state index < -0.39 is 12.5 Å². The molecular weight excluding hydrogens is 602 g/mol. The zero-order valence-electron chi connectivity index (χ0n) is 23.2. The van der Waals surface area contributed by atoms with Gasteiger partial charge in [0, 0.05) is 68.3 Å². The van der Waals surface area contributed by atoms with Crippen LogP contribution in [-0.2, 0) is 20.9 Å². The Kier molecular flexibility index (Phi) is 8.39. The number of carbonyl (C=O) groups excluding carboxylic acids is 3. The van der Waals surface area contributed by atoms with Crippen LogP contribution in [0.4, 0.5) is 14.5 Å². The van der Waals surface area contributed by atoms with Gasteiger partial charge in [0.15, 0.2) is 5.65 Å². The number of hydrogen-bond donors (Lipinski definition) is 1. The summed E-state index contributed by atoms with van der Waals surface area (Å²) < 4.78 is 39.3. The Morgan fingerprint density at radius 2 is 2.02 bits per heavy atom. The molecule has 6 rings (SSSR count). The minimum absolute atomic E-state index is 0.0738. The maximum absolute atomic E-state index is 13.3. The van der Waals surface area contributed by atoms with Crippen LogP contribution in [0, 0.1) is 0 Å². The Hall–Kier alpha value is -4.63. The molecule has 44 heavy (non-hydrogen) atoms. The van der Waals surface area contributed by atoms with Crippen LogP contribution in [0.25, 0.3) is 16.9 Å². The zero-order valence-corrected chi connectivity index (χ0v) is 24.0. The fourth-order valence-corrected chi connectivity index (χ4v) is 5.45. The summed E-state index contributed by atoms with van der Waals surface area (Å²) in [4.78, 5) is 46.1. The Morgan fingerprint density at radius 1 is 1.20 bits per heavy atom. The van der Waals surface area contributed by atoms with Gasteiger partial charge in [-0.25, -0.2) is 9.50 Å². The summed E-state index contributed by atoms with van der Waals surface area (Å²) in [5.74, 6) is -1.18. The summed E-state index contributed by atoms with van der Waals surface area (Å²) in [6.07, 6.45) is 6.96. The van der Waals surface area contributed by atoms with Gasteiger partial charge in [-0.3, -0.25) is 24.0 Å². The van der Waals surface area contributed by atoms with Gasteiger partial charge in [0.25, 0.3) is 5.91 Å². The van der Waals surface area contributed by atoms with Gasteiger partial charge in [-0.15, -0.1) is 0 Å². The molecule has 0 saturated carbocycles. The van der Waals surface area contributed by atoms with Crippen molar-refractivity contribution in [2.45, 2.75) is 32.1 Å². The monoisotopic (exact) mass is 628 g/mol. The Bertz CT molecular complexity index is 1700. The molecule has 2 aliphatic rings. The number of halogens is 3. The molecule has 0 radical (unpaired) electrons. The van der Waals surface area contributed by atoms with Crippen LogP contribution in [0.3, 0.4) is 0 Å². The van der Waals surface area contributed by atoms with Gasteiger partial charge < -0.3 is 19.7 Å². The van der Waals surface area contributed by atoms with Crippen LogP contribution in [0.15, 0.2) is 49.1 Å². The lowest BCUT2D eigenvalue weighted by molar-refractivity contribution is -0.142. The van der Waals surface area contributed by atoms with Crippen LogP contribution in [0.5, 0.6) is 5.75 Å². The first kappa shape index (κ1) is 29.4. The molecule has 16 heteroatoms. The van der Waals surface area contributed by atoms with E-state index in [-0.39, 0.29) is 57.8 Å². The molecule has 13 nitrogen and oxygen atoms in total. The first-order valence-electron chi connectivity index (χ1n) is 13.8. The van der Waals surface area contributed by atoms with E-state index in [1.165, 1.54) is 46.0 Å². The molecule has 1 aromatic carbocycles. The second-order valence-corrected chi connectivity index (χ2v) is 10.8. The SMILES string of the molecule is O=C1CCC(CN2CCN(C(=O)Cn3cc(NC(=O)c4cnn5cccnc45)c(-c4cc(Cl)ccc4OC(F)F)n3)CC2)O1. The van der Waals surface area contributed by atoms with E-state index in [2.05, 4.69) is 25.4 Å². The lowest BCUT2D eigenvalue weighted by Crippen LogP contribution is -2.51. The minimum atomic E-state index is -3.12. The smallest absolute Gasteiger partial charge is 0.387 e. The Morgan fingerprint density at radius 3 is 2.77 bits per heavy atom. The van der Waals surface area contributed by atoms with E-state index in [1.807, 2.05) is 0 Å². The molecule has 2 saturated heterocycles. The molecule has 230 valence electrons. The molecule has 5 heterocycles. The highest BCUT2D eigenvalue weighted by Crippen LogP contribution is 2.37. The van der Waals surface area contributed by atoms with Crippen molar-refractivity contribution in [3.05, 3.63) is 59.6 Å². The van der Waals surface area contributed by atoms with Crippen molar-refractivity contribution in [3.8, 4) is 17.0 Å². The number of rotatable bonds is 9. The van der Waals surface area contributed by atoms with Crippen molar-refractivity contribution in [1.82, 2.24) is 34.2 Å². The van der Waals surface area contributed by atoms with Crippen molar-refractivity contribution >= 4 is 40.7 Å². The zero-order chi connectivity index (χ0) is 30.8. The summed E-state index contributed by atoms with van der Waals surface area (Å²) in [6.45, 7) is -0.483. The predicted octanol–water partition coefficient (Wildman–Crippen LogP) is 2.95. The second-order valence-electron chi connectivity index (χ2n) is 10.3. The second kappa shape index (κ2) is 12.5. The number of ether oxygens (including phenoxy) is 2. The number of nitrogens with zero attached hydrogens (tertiary/aromatic N) is 7. The van der Waals surface area contributed by atoms with Crippen LogP contribution in [-0.4, -0.2) is 97.4 Å². The number of amides is 2. The third-order valence-corrected chi connectivity index (χ3v) is 7.63. The molecule has 0 aliphatic carbocycles. The number of piperazine rings is 1. The average Bonchev–Trinajstić information content (AvgIpc) is 3.72. The first-order chi connectivity index (χ1) is 21.2. The summed E-state index contributed by atoms with van der Waals surface area (Å²) in [5.41, 5.74) is 0.781. The summed E-state index contributed by atoms with van der Waals surface area (Å²) >= 11 is 6.20. The van der Waals surface area contributed by atoms with Gasteiger partial charge in [-0.1, -0.05) is 11.6 Å². The molecule has 2 amide bonds. The molecule has 2 aliphatic heterocycles. The van der Waals surface area contributed by atoms with Crippen LogP contribution < -0.4 is 10.1 Å². The minimum Gasteiger partial charge on any atom is -0.461 e. The normalized spacial score (nSPS) is 17.3. The molecule has 3 aromatic heterocycles. The maximum Gasteiger partial charge on any atom is 0.387 e. The molecule has 1 atom stereocenters. The number of esters is 1. The highest BCUT2D eigenvalue weighted by molar-refractivity contribution is 6.31. The number of benzene rings is 1. The number of aromatic nitrogens is 5.